The smallest absolute Gasteiger partial charge is 0.257 e. The second kappa shape index (κ2) is 5.61. The number of aromatic nitrogens is 1. The van der Waals surface area contributed by atoms with Crippen LogP contribution in [0.5, 0.6) is 5.75 Å². The van der Waals surface area contributed by atoms with Crippen molar-refractivity contribution in [1.82, 2.24) is 4.98 Å². The van der Waals surface area contributed by atoms with Gasteiger partial charge in [-0.25, -0.2) is 0 Å². The van der Waals surface area contributed by atoms with E-state index in [0.717, 1.165) is 26.8 Å². The van der Waals surface area contributed by atoms with Gasteiger partial charge in [-0.05, 0) is 40.2 Å². The highest BCUT2D eigenvalue weighted by Crippen LogP contribution is 2.26. The molecule has 4 nitrogen and oxygen atoms in total. The Morgan fingerprint density at radius 2 is 2.05 bits per heavy atom. The molecule has 1 heterocycles. The van der Waals surface area contributed by atoms with Crippen LogP contribution in [0.2, 0.25) is 0 Å². The monoisotopic (exact) mass is 344 g/mol. The first kappa shape index (κ1) is 13.7. The van der Waals surface area contributed by atoms with Gasteiger partial charge in [-0.15, -0.1) is 0 Å². The van der Waals surface area contributed by atoms with Gasteiger partial charge in [-0.1, -0.05) is 12.1 Å². The second-order valence-electron chi connectivity index (χ2n) is 4.55. The normalized spacial score (nSPS) is 10.6. The molecule has 2 aromatic carbocycles. The summed E-state index contributed by atoms with van der Waals surface area (Å²) in [6.45, 7) is 0. The number of para-hydroxylation sites is 1. The summed E-state index contributed by atoms with van der Waals surface area (Å²) in [6.07, 6.45) is 1.70. The fourth-order valence-corrected chi connectivity index (χ4v) is 2.56. The molecular weight excluding hydrogens is 332 g/mol. The van der Waals surface area contributed by atoms with Gasteiger partial charge in [0.05, 0.1) is 18.4 Å². The maximum absolute atomic E-state index is 12.4. The summed E-state index contributed by atoms with van der Waals surface area (Å²) in [6, 6.07) is 13.1. The lowest BCUT2D eigenvalue weighted by Crippen LogP contribution is -2.11. The molecule has 0 aliphatic carbocycles. The predicted molar refractivity (Wildman–Crippen MR) is 86.9 cm³/mol. The van der Waals surface area contributed by atoms with Crippen LogP contribution in [-0.4, -0.2) is 18.0 Å². The minimum atomic E-state index is -0.154. The lowest BCUT2D eigenvalue weighted by molar-refractivity contribution is 0.102. The van der Waals surface area contributed by atoms with Crippen LogP contribution < -0.4 is 10.1 Å². The van der Waals surface area contributed by atoms with E-state index in [4.69, 9.17) is 4.74 Å². The lowest BCUT2D eigenvalue weighted by atomic mass is 10.1. The lowest BCUT2D eigenvalue weighted by Gasteiger charge is -2.06. The number of carbonyl (C=O) groups excluding carboxylic acids is 1. The van der Waals surface area contributed by atoms with E-state index in [-0.39, 0.29) is 5.91 Å². The molecule has 0 saturated carbocycles. The van der Waals surface area contributed by atoms with Crippen molar-refractivity contribution >= 4 is 38.4 Å². The molecule has 0 saturated heterocycles. The van der Waals surface area contributed by atoms with Crippen molar-refractivity contribution in [3.63, 3.8) is 0 Å². The van der Waals surface area contributed by atoms with Crippen LogP contribution in [0.25, 0.3) is 10.9 Å². The van der Waals surface area contributed by atoms with Crippen LogP contribution in [0.15, 0.2) is 53.1 Å². The molecule has 1 amide bonds. The molecular formula is C16H13BrN2O2. The van der Waals surface area contributed by atoms with E-state index in [1.54, 1.807) is 13.3 Å². The van der Waals surface area contributed by atoms with Crippen LogP contribution in [0.4, 0.5) is 5.69 Å². The zero-order valence-electron chi connectivity index (χ0n) is 11.3. The number of aromatic amines is 1. The molecule has 21 heavy (non-hydrogen) atoms. The Hall–Kier alpha value is -2.27. The maximum atomic E-state index is 12.4. The molecule has 5 heteroatoms. The Bertz CT molecular complexity index is 811. The van der Waals surface area contributed by atoms with Gasteiger partial charge in [0.15, 0.2) is 0 Å². The Morgan fingerprint density at radius 3 is 2.81 bits per heavy atom. The van der Waals surface area contributed by atoms with E-state index in [1.165, 1.54) is 0 Å². The molecule has 0 aliphatic heterocycles. The van der Waals surface area contributed by atoms with E-state index in [0.29, 0.717) is 5.56 Å². The zero-order valence-corrected chi connectivity index (χ0v) is 12.9. The first-order chi connectivity index (χ1) is 10.2. The third-order valence-corrected chi connectivity index (χ3v) is 3.95. The predicted octanol–water partition coefficient (Wildman–Crippen LogP) is 4.19. The van der Waals surface area contributed by atoms with E-state index in [2.05, 4.69) is 26.2 Å². The highest BCUT2D eigenvalue weighted by molar-refractivity contribution is 9.10. The summed E-state index contributed by atoms with van der Waals surface area (Å²) in [5.74, 6) is 0.598. The SMILES string of the molecule is COc1ccc2c(C(=O)Nc3ccccc3Br)c[nH]c2c1. The molecule has 0 spiro atoms. The summed E-state index contributed by atoms with van der Waals surface area (Å²) in [5, 5.41) is 3.76. The van der Waals surface area contributed by atoms with Crippen LogP contribution in [0, 0.1) is 0 Å². The number of fused-ring (bicyclic) bond motifs is 1. The molecule has 0 radical (unpaired) electrons. The van der Waals surface area contributed by atoms with Crippen molar-refractivity contribution in [2.45, 2.75) is 0 Å². The summed E-state index contributed by atoms with van der Waals surface area (Å²) < 4.78 is 6.02. The van der Waals surface area contributed by atoms with Crippen LogP contribution in [0.3, 0.4) is 0 Å². The molecule has 0 atom stereocenters. The number of nitrogens with one attached hydrogen (secondary N) is 2. The number of anilines is 1. The van der Waals surface area contributed by atoms with E-state index in [1.807, 2.05) is 42.5 Å². The Morgan fingerprint density at radius 1 is 1.24 bits per heavy atom. The van der Waals surface area contributed by atoms with Crippen LogP contribution in [0.1, 0.15) is 10.4 Å². The van der Waals surface area contributed by atoms with Crippen molar-refractivity contribution in [3.05, 3.63) is 58.7 Å². The maximum Gasteiger partial charge on any atom is 0.257 e. The van der Waals surface area contributed by atoms with Crippen LogP contribution >= 0.6 is 15.9 Å². The van der Waals surface area contributed by atoms with Crippen molar-refractivity contribution in [3.8, 4) is 5.75 Å². The first-order valence-electron chi connectivity index (χ1n) is 6.40. The van der Waals surface area contributed by atoms with Crippen LogP contribution in [-0.2, 0) is 0 Å². The zero-order chi connectivity index (χ0) is 14.8. The van der Waals surface area contributed by atoms with Crippen molar-refractivity contribution in [2.24, 2.45) is 0 Å². The summed E-state index contributed by atoms with van der Waals surface area (Å²) >= 11 is 3.42. The van der Waals surface area contributed by atoms with Gasteiger partial charge in [0.2, 0.25) is 0 Å². The summed E-state index contributed by atoms with van der Waals surface area (Å²) in [5.41, 5.74) is 2.21. The number of H-pyrrole nitrogens is 1. The third-order valence-electron chi connectivity index (χ3n) is 3.26. The number of halogens is 1. The second-order valence-corrected chi connectivity index (χ2v) is 5.40. The molecule has 1 aromatic heterocycles. The highest BCUT2D eigenvalue weighted by Gasteiger charge is 2.13. The molecule has 106 valence electrons. The minimum Gasteiger partial charge on any atom is -0.497 e. The molecule has 0 bridgehead atoms. The van der Waals surface area contributed by atoms with E-state index in [9.17, 15) is 4.79 Å². The Balaban J connectivity index is 1.93. The largest absolute Gasteiger partial charge is 0.497 e. The quantitative estimate of drug-likeness (QED) is 0.748. The number of methoxy groups -OCH3 is 1. The van der Waals surface area contributed by atoms with Gasteiger partial charge in [0, 0.05) is 27.6 Å². The van der Waals surface area contributed by atoms with Crippen molar-refractivity contribution < 1.29 is 9.53 Å². The number of rotatable bonds is 3. The van der Waals surface area contributed by atoms with Gasteiger partial charge < -0.3 is 15.0 Å². The van der Waals surface area contributed by atoms with Crippen molar-refractivity contribution in [1.29, 1.82) is 0 Å². The van der Waals surface area contributed by atoms with Gasteiger partial charge in [-0.2, -0.15) is 0 Å². The average Bonchev–Trinajstić information content (AvgIpc) is 2.92. The molecule has 3 rings (SSSR count). The van der Waals surface area contributed by atoms with Gasteiger partial charge in [-0.3, -0.25) is 4.79 Å². The third kappa shape index (κ3) is 2.64. The number of hydrogen-bond donors (Lipinski definition) is 2. The number of amides is 1. The fourth-order valence-electron chi connectivity index (χ4n) is 2.17. The van der Waals surface area contributed by atoms with Crippen molar-refractivity contribution in [2.75, 3.05) is 12.4 Å². The number of benzene rings is 2. The number of hydrogen-bond acceptors (Lipinski definition) is 2. The summed E-state index contributed by atoms with van der Waals surface area (Å²) in [4.78, 5) is 15.5. The van der Waals surface area contributed by atoms with Gasteiger partial charge in [0.1, 0.15) is 5.75 Å². The number of ether oxygens (including phenoxy) is 1. The molecule has 0 fully saturated rings. The van der Waals surface area contributed by atoms with E-state index < -0.39 is 0 Å². The highest BCUT2D eigenvalue weighted by atomic mass is 79.9. The average molecular weight is 345 g/mol. The summed E-state index contributed by atoms with van der Waals surface area (Å²) in [7, 11) is 1.62. The molecule has 0 aliphatic rings. The van der Waals surface area contributed by atoms with Gasteiger partial charge >= 0.3 is 0 Å². The topological polar surface area (TPSA) is 54.1 Å². The minimum absolute atomic E-state index is 0.154. The van der Waals surface area contributed by atoms with E-state index >= 15 is 0 Å². The molecule has 0 unspecified atom stereocenters. The first-order valence-corrected chi connectivity index (χ1v) is 7.19. The Labute approximate surface area is 130 Å². The molecule has 3 aromatic rings. The fraction of sp³-hybridized carbons (Fsp3) is 0.0625. The van der Waals surface area contributed by atoms with Gasteiger partial charge in [0.25, 0.3) is 5.91 Å². The standard InChI is InChI=1S/C16H13BrN2O2/c1-21-10-6-7-11-12(9-18-15(11)8-10)16(20)19-14-5-3-2-4-13(14)17/h2-9,18H,1H3,(H,19,20). The number of carbonyl (C=O) groups is 1. The Kier molecular flexibility index (Phi) is 3.66. The molecule has 2 N–H and O–H groups in total.